The summed E-state index contributed by atoms with van der Waals surface area (Å²) in [6.07, 6.45) is -4.94. The fourth-order valence-electron chi connectivity index (χ4n) is 1.65. The molecule has 0 saturated heterocycles. The van der Waals surface area contributed by atoms with Gasteiger partial charge in [0.05, 0.1) is 11.5 Å². The normalized spacial score (nSPS) is 11.5. The molecule has 0 saturated carbocycles. The zero-order valence-electron chi connectivity index (χ0n) is 10.4. The SMILES string of the molecule is Cn1nc(C(F)(F)F)c(C(=O)[O-])c1Oc1cccc(Cl)c1. The molecule has 0 bridgehead atoms. The summed E-state index contributed by atoms with van der Waals surface area (Å²) in [6, 6.07) is 5.75. The number of aryl methyl sites for hydroxylation is 1. The van der Waals surface area contributed by atoms with Crippen LogP contribution in [0.25, 0.3) is 0 Å². The topological polar surface area (TPSA) is 67.2 Å². The first-order chi connectivity index (χ1) is 9.70. The molecule has 0 unspecified atom stereocenters. The number of alkyl halides is 3. The molecule has 0 N–H and O–H groups in total. The maximum atomic E-state index is 12.8. The van der Waals surface area contributed by atoms with Crippen molar-refractivity contribution in [1.29, 1.82) is 0 Å². The lowest BCUT2D eigenvalue weighted by atomic mass is 10.2. The lowest BCUT2D eigenvalue weighted by Gasteiger charge is -2.10. The summed E-state index contributed by atoms with van der Waals surface area (Å²) in [4.78, 5) is 11.0. The first-order valence-corrected chi connectivity index (χ1v) is 5.87. The standard InChI is InChI=1S/C12H8ClF3N2O3/c1-18-10(21-7-4-2-3-6(13)5-7)8(11(19)20)9(17-18)12(14,15)16/h2-5H,1H3,(H,19,20)/p-1. The highest BCUT2D eigenvalue weighted by atomic mass is 35.5. The average molecular weight is 320 g/mol. The molecule has 1 heterocycles. The summed E-state index contributed by atoms with van der Waals surface area (Å²) >= 11 is 5.72. The molecule has 0 aliphatic heterocycles. The van der Waals surface area contributed by atoms with E-state index >= 15 is 0 Å². The summed E-state index contributed by atoms with van der Waals surface area (Å²) in [5.41, 5.74) is -2.74. The lowest BCUT2D eigenvalue weighted by Crippen LogP contribution is -2.25. The number of benzene rings is 1. The number of carboxylic acid groups (broad SMARTS) is 1. The summed E-state index contributed by atoms with van der Waals surface area (Å²) in [6.45, 7) is 0. The third-order valence-electron chi connectivity index (χ3n) is 2.48. The quantitative estimate of drug-likeness (QED) is 0.870. The van der Waals surface area contributed by atoms with E-state index in [1.54, 1.807) is 0 Å². The van der Waals surface area contributed by atoms with Gasteiger partial charge in [-0.15, -0.1) is 0 Å². The van der Waals surface area contributed by atoms with Crippen molar-refractivity contribution in [1.82, 2.24) is 9.78 Å². The predicted molar refractivity (Wildman–Crippen MR) is 64.1 cm³/mol. The minimum absolute atomic E-state index is 0.0710. The molecule has 0 spiro atoms. The van der Waals surface area contributed by atoms with Crippen molar-refractivity contribution in [3.63, 3.8) is 0 Å². The Kier molecular flexibility index (Phi) is 3.82. The molecular weight excluding hydrogens is 313 g/mol. The van der Waals surface area contributed by atoms with Crippen molar-refractivity contribution in [2.24, 2.45) is 7.05 Å². The molecule has 0 aliphatic carbocycles. The third-order valence-corrected chi connectivity index (χ3v) is 2.71. The predicted octanol–water partition coefficient (Wildman–Crippen LogP) is 2.25. The molecule has 0 amide bonds. The van der Waals surface area contributed by atoms with E-state index in [1.165, 1.54) is 24.3 Å². The maximum absolute atomic E-state index is 12.8. The summed E-state index contributed by atoms with van der Waals surface area (Å²) in [5.74, 6) is -2.56. The van der Waals surface area contributed by atoms with Crippen molar-refractivity contribution in [3.8, 4) is 11.6 Å². The zero-order valence-corrected chi connectivity index (χ0v) is 11.2. The van der Waals surface area contributed by atoms with Crippen LogP contribution in [-0.4, -0.2) is 15.7 Å². The highest BCUT2D eigenvalue weighted by molar-refractivity contribution is 6.30. The van der Waals surface area contributed by atoms with Crippen LogP contribution in [0.4, 0.5) is 13.2 Å². The van der Waals surface area contributed by atoms with Gasteiger partial charge in [-0.2, -0.15) is 18.3 Å². The molecular formula is C12H7ClF3N2O3-. The molecule has 112 valence electrons. The fourth-order valence-corrected chi connectivity index (χ4v) is 1.83. The lowest BCUT2D eigenvalue weighted by molar-refractivity contribution is -0.255. The Bertz CT molecular complexity index is 698. The van der Waals surface area contributed by atoms with Gasteiger partial charge < -0.3 is 14.6 Å². The molecule has 1 aromatic heterocycles. The average Bonchev–Trinajstić information content (AvgIpc) is 2.67. The van der Waals surface area contributed by atoms with Gasteiger partial charge in [0.15, 0.2) is 5.69 Å². The van der Waals surface area contributed by atoms with Crippen molar-refractivity contribution in [2.75, 3.05) is 0 Å². The van der Waals surface area contributed by atoms with Crippen LogP contribution < -0.4 is 9.84 Å². The number of carbonyl (C=O) groups excluding carboxylic acids is 1. The first-order valence-electron chi connectivity index (χ1n) is 5.49. The number of halogens is 4. The van der Waals surface area contributed by atoms with Gasteiger partial charge in [-0.25, -0.2) is 4.68 Å². The summed E-state index contributed by atoms with van der Waals surface area (Å²) in [7, 11) is 1.13. The fraction of sp³-hybridized carbons (Fsp3) is 0.167. The van der Waals surface area contributed by atoms with Crippen molar-refractivity contribution in [2.45, 2.75) is 6.18 Å². The van der Waals surface area contributed by atoms with Gasteiger partial charge in [0.1, 0.15) is 5.75 Å². The van der Waals surface area contributed by atoms with E-state index in [4.69, 9.17) is 16.3 Å². The highest BCUT2D eigenvalue weighted by Gasteiger charge is 2.40. The Morgan fingerprint density at radius 1 is 1.43 bits per heavy atom. The molecule has 21 heavy (non-hydrogen) atoms. The zero-order chi connectivity index (χ0) is 15.8. The molecule has 2 rings (SSSR count). The van der Waals surface area contributed by atoms with Crippen LogP contribution in [0.5, 0.6) is 11.6 Å². The van der Waals surface area contributed by atoms with Gasteiger partial charge in [-0.3, -0.25) is 0 Å². The Morgan fingerprint density at radius 3 is 2.62 bits per heavy atom. The monoisotopic (exact) mass is 319 g/mol. The van der Waals surface area contributed by atoms with E-state index in [2.05, 4.69) is 5.10 Å². The molecule has 0 aliphatic rings. The van der Waals surface area contributed by atoms with Crippen molar-refractivity contribution in [3.05, 3.63) is 40.5 Å². The van der Waals surface area contributed by atoms with Gasteiger partial charge >= 0.3 is 6.18 Å². The minimum Gasteiger partial charge on any atom is -0.545 e. The van der Waals surface area contributed by atoms with E-state index in [0.717, 1.165) is 7.05 Å². The number of carboxylic acids is 1. The van der Waals surface area contributed by atoms with Crippen LogP contribution in [0.3, 0.4) is 0 Å². The van der Waals surface area contributed by atoms with Gasteiger partial charge in [-0.05, 0) is 18.2 Å². The van der Waals surface area contributed by atoms with E-state index in [0.29, 0.717) is 4.68 Å². The van der Waals surface area contributed by atoms with Crippen LogP contribution in [0, 0.1) is 0 Å². The van der Waals surface area contributed by atoms with Crippen LogP contribution in [0.2, 0.25) is 5.02 Å². The summed E-state index contributed by atoms with van der Waals surface area (Å²) < 4.78 is 44.1. The number of nitrogens with zero attached hydrogens (tertiary/aromatic N) is 2. The third kappa shape index (κ3) is 3.10. The van der Waals surface area contributed by atoms with Gasteiger partial charge in [-0.1, -0.05) is 17.7 Å². The molecule has 0 fully saturated rings. The number of carbonyl (C=O) groups is 1. The molecule has 5 nitrogen and oxygen atoms in total. The number of aromatic nitrogens is 2. The van der Waals surface area contributed by atoms with Crippen LogP contribution in [0.1, 0.15) is 16.1 Å². The highest BCUT2D eigenvalue weighted by Crippen LogP contribution is 2.36. The van der Waals surface area contributed by atoms with Crippen LogP contribution in [0.15, 0.2) is 24.3 Å². The molecule has 0 radical (unpaired) electrons. The number of ether oxygens (including phenoxy) is 1. The number of hydrogen-bond acceptors (Lipinski definition) is 4. The van der Waals surface area contributed by atoms with E-state index in [-0.39, 0.29) is 10.8 Å². The van der Waals surface area contributed by atoms with Gasteiger partial charge in [0.2, 0.25) is 5.88 Å². The Labute approximate surface area is 121 Å². The minimum atomic E-state index is -4.94. The number of rotatable bonds is 3. The second kappa shape index (κ2) is 5.28. The van der Waals surface area contributed by atoms with Gasteiger partial charge in [0, 0.05) is 12.1 Å². The molecule has 1 aromatic carbocycles. The van der Waals surface area contributed by atoms with E-state index in [9.17, 15) is 23.1 Å². The molecule has 0 atom stereocenters. The number of aromatic carboxylic acids is 1. The summed E-state index contributed by atoms with van der Waals surface area (Å²) in [5, 5.41) is 14.4. The van der Waals surface area contributed by atoms with E-state index in [1.807, 2.05) is 0 Å². The second-order valence-corrected chi connectivity index (χ2v) is 4.43. The van der Waals surface area contributed by atoms with Crippen molar-refractivity contribution >= 4 is 17.6 Å². The van der Waals surface area contributed by atoms with Crippen LogP contribution in [-0.2, 0) is 13.2 Å². The van der Waals surface area contributed by atoms with Gasteiger partial charge in [0.25, 0.3) is 0 Å². The smallest absolute Gasteiger partial charge is 0.435 e. The molecule has 9 heteroatoms. The number of hydrogen-bond donors (Lipinski definition) is 0. The largest absolute Gasteiger partial charge is 0.545 e. The Hall–Kier alpha value is -2.22. The second-order valence-electron chi connectivity index (χ2n) is 4.00. The van der Waals surface area contributed by atoms with Crippen LogP contribution >= 0.6 is 11.6 Å². The van der Waals surface area contributed by atoms with Crippen molar-refractivity contribution < 1.29 is 27.8 Å². The Balaban J connectivity index is 2.53. The van der Waals surface area contributed by atoms with E-state index < -0.39 is 29.3 Å². The Morgan fingerprint density at radius 2 is 2.10 bits per heavy atom. The first kappa shape index (κ1) is 15.2. The molecule has 2 aromatic rings. The maximum Gasteiger partial charge on any atom is 0.435 e.